The van der Waals surface area contributed by atoms with Gasteiger partial charge in [-0.25, -0.2) is 0 Å². The lowest BCUT2D eigenvalue weighted by atomic mass is 9.97. The number of amides is 3. The molecule has 0 saturated carbocycles. The van der Waals surface area contributed by atoms with Crippen molar-refractivity contribution >= 4 is 29.1 Å². The Morgan fingerprint density at radius 3 is 2.48 bits per heavy atom. The first kappa shape index (κ1) is 16.0. The molecule has 0 fully saturated rings. The zero-order valence-corrected chi connectivity index (χ0v) is 14.7. The van der Waals surface area contributed by atoms with E-state index in [2.05, 4.69) is 18.4 Å². The molecule has 0 bridgehead atoms. The molecule has 1 aromatic carbocycles. The first-order chi connectivity index (χ1) is 12.1. The van der Waals surface area contributed by atoms with Crippen LogP contribution in [0.3, 0.4) is 0 Å². The van der Waals surface area contributed by atoms with Gasteiger partial charge in [0, 0.05) is 11.4 Å². The highest BCUT2D eigenvalue weighted by Crippen LogP contribution is 2.35. The molecule has 4 rings (SSSR count). The van der Waals surface area contributed by atoms with E-state index in [0.29, 0.717) is 17.7 Å². The van der Waals surface area contributed by atoms with Crippen LogP contribution in [-0.2, 0) is 11.2 Å². The number of carbonyl (C=O) groups excluding carboxylic acids is 3. The quantitative estimate of drug-likeness (QED) is 0.797. The SMILES string of the molecule is CC[C@H]1c2ccsc2CCN1C(=O)CN1C(=O)c2ccccc2C1=O. The largest absolute Gasteiger partial charge is 0.334 e. The molecule has 0 spiro atoms. The number of thiophene rings is 1. The van der Waals surface area contributed by atoms with Gasteiger partial charge in [0.2, 0.25) is 5.91 Å². The maximum Gasteiger partial charge on any atom is 0.262 e. The Kier molecular flexibility index (Phi) is 3.92. The summed E-state index contributed by atoms with van der Waals surface area (Å²) in [5.41, 5.74) is 1.96. The molecular weight excluding hydrogens is 336 g/mol. The number of hydrogen-bond donors (Lipinski definition) is 0. The number of hydrogen-bond acceptors (Lipinski definition) is 4. The molecule has 0 saturated heterocycles. The third-order valence-electron chi connectivity index (χ3n) is 4.97. The van der Waals surface area contributed by atoms with E-state index in [0.717, 1.165) is 17.7 Å². The average Bonchev–Trinajstić information content (AvgIpc) is 3.20. The zero-order valence-electron chi connectivity index (χ0n) is 13.9. The van der Waals surface area contributed by atoms with Crippen LogP contribution < -0.4 is 0 Å². The van der Waals surface area contributed by atoms with Crippen LogP contribution in [0.15, 0.2) is 35.7 Å². The van der Waals surface area contributed by atoms with Crippen molar-refractivity contribution in [3.05, 3.63) is 57.3 Å². The van der Waals surface area contributed by atoms with E-state index >= 15 is 0 Å². The second-order valence-corrected chi connectivity index (χ2v) is 7.30. The number of fused-ring (bicyclic) bond motifs is 2. The van der Waals surface area contributed by atoms with Crippen LogP contribution in [-0.4, -0.2) is 40.6 Å². The predicted molar refractivity (Wildman–Crippen MR) is 94.6 cm³/mol. The van der Waals surface area contributed by atoms with E-state index in [9.17, 15) is 14.4 Å². The van der Waals surface area contributed by atoms with Gasteiger partial charge < -0.3 is 4.90 Å². The predicted octanol–water partition coefficient (Wildman–Crippen LogP) is 2.88. The van der Waals surface area contributed by atoms with E-state index in [-0.39, 0.29) is 30.3 Å². The Hall–Kier alpha value is -2.47. The topological polar surface area (TPSA) is 57.7 Å². The minimum Gasteiger partial charge on any atom is -0.334 e. The summed E-state index contributed by atoms with van der Waals surface area (Å²) in [7, 11) is 0. The molecule has 0 N–H and O–H groups in total. The van der Waals surface area contributed by atoms with Gasteiger partial charge in [-0.05, 0) is 42.0 Å². The molecule has 1 atom stereocenters. The van der Waals surface area contributed by atoms with Gasteiger partial charge in [-0.2, -0.15) is 0 Å². The minimum absolute atomic E-state index is 0.0256. The molecule has 0 unspecified atom stereocenters. The molecule has 128 valence electrons. The van der Waals surface area contributed by atoms with Crippen molar-refractivity contribution < 1.29 is 14.4 Å². The van der Waals surface area contributed by atoms with Crippen LogP contribution in [0.2, 0.25) is 0 Å². The van der Waals surface area contributed by atoms with Crippen LogP contribution in [0.4, 0.5) is 0 Å². The fraction of sp³-hybridized carbons (Fsp3) is 0.316. The van der Waals surface area contributed by atoms with Crippen LogP contribution in [0, 0.1) is 0 Å². The molecule has 5 nitrogen and oxygen atoms in total. The third-order valence-corrected chi connectivity index (χ3v) is 5.97. The molecule has 0 radical (unpaired) electrons. The van der Waals surface area contributed by atoms with Crippen molar-refractivity contribution in [2.45, 2.75) is 25.8 Å². The number of imide groups is 1. The lowest BCUT2D eigenvalue weighted by Gasteiger charge is -2.36. The van der Waals surface area contributed by atoms with E-state index < -0.39 is 0 Å². The molecule has 25 heavy (non-hydrogen) atoms. The Morgan fingerprint density at radius 1 is 1.16 bits per heavy atom. The van der Waals surface area contributed by atoms with Crippen LogP contribution >= 0.6 is 11.3 Å². The Balaban J connectivity index is 1.55. The molecule has 0 aliphatic carbocycles. The van der Waals surface area contributed by atoms with E-state index in [1.165, 1.54) is 10.4 Å². The van der Waals surface area contributed by atoms with Crippen molar-refractivity contribution in [2.24, 2.45) is 0 Å². The van der Waals surface area contributed by atoms with Gasteiger partial charge >= 0.3 is 0 Å². The molecule has 2 aliphatic heterocycles. The van der Waals surface area contributed by atoms with Crippen molar-refractivity contribution in [1.29, 1.82) is 0 Å². The molecule has 3 heterocycles. The average molecular weight is 354 g/mol. The van der Waals surface area contributed by atoms with Gasteiger partial charge in [0.15, 0.2) is 0 Å². The molecule has 1 aromatic heterocycles. The van der Waals surface area contributed by atoms with Crippen molar-refractivity contribution in [3.8, 4) is 0 Å². The normalized spacial score (nSPS) is 19.2. The summed E-state index contributed by atoms with van der Waals surface area (Å²) in [4.78, 5) is 42.0. The summed E-state index contributed by atoms with van der Waals surface area (Å²) in [6, 6.07) is 8.82. The fourth-order valence-electron chi connectivity index (χ4n) is 3.74. The highest BCUT2D eigenvalue weighted by molar-refractivity contribution is 7.10. The van der Waals surface area contributed by atoms with Crippen molar-refractivity contribution in [1.82, 2.24) is 9.80 Å². The first-order valence-electron chi connectivity index (χ1n) is 8.42. The first-order valence-corrected chi connectivity index (χ1v) is 9.30. The maximum atomic E-state index is 12.9. The van der Waals surface area contributed by atoms with E-state index in [4.69, 9.17) is 0 Å². The van der Waals surface area contributed by atoms with Gasteiger partial charge in [0.1, 0.15) is 6.54 Å². The van der Waals surface area contributed by atoms with Crippen LogP contribution in [0.5, 0.6) is 0 Å². The van der Waals surface area contributed by atoms with E-state index in [1.54, 1.807) is 35.6 Å². The number of nitrogens with zero attached hydrogens (tertiary/aromatic N) is 2. The molecule has 2 aromatic rings. The Labute approximate surface area is 149 Å². The Bertz CT molecular complexity index is 838. The van der Waals surface area contributed by atoms with Gasteiger partial charge in [-0.3, -0.25) is 19.3 Å². The molecule has 2 aliphatic rings. The van der Waals surface area contributed by atoms with Crippen molar-refractivity contribution in [3.63, 3.8) is 0 Å². The fourth-order valence-corrected chi connectivity index (χ4v) is 4.67. The lowest BCUT2D eigenvalue weighted by Crippen LogP contribution is -2.46. The monoisotopic (exact) mass is 354 g/mol. The zero-order chi connectivity index (χ0) is 17.6. The maximum absolute atomic E-state index is 12.9. The summed E-state index contributed by atoms with van der Waals surface area (Å²) in [5, 5.41) is 2.06. The van der Waals surface area contributed by atoms with Gasteiger partial charge in [0.05, 0.1) is 17.2 Å². The van der Waals surface area contributed by atoms with Gasteiger partial charge in [0.25, 0.3) is 11.8 Å². The molecule has 3 amide bonds. The Morgan fingerprint density at radius 2 is 1.84 bits per heavy atom. The number of carbonyl (C=O) groups is 3. The van der Waals surface area contributed by atoms with E-state index in [1.807, 2.05) is 4.90 Å². The summed E-state index contributed by atoms with van der Waals surface area (Å²) < 4.78 is 0. The minimum atomic E-state index is -0.379. The third kappa shape index (κ3) is 2.48. The number of benzene rings is 1. The summed E-state index contributed by atoms with van der Waals surface area (Å²) in [5.74, 6) is -0.927. The summed E-state index contributed by atoms with van der Waals surface area (Å²) in [6.45, 7) is 2.50. The van der Waals surface area contributed by atoms with Gasteiger partial charge in [-0.15, -0.1) is 11.3 Å². The van der Waals surface area contributed by atoms with Crippen molar-refractivity contribution in [2.75, 3.05) is 13.1 Å². The van der Waals surface area contributed by atoms with Crippen LogP contribution in [0.25, 0.3) is 0 Å². The smallest absolute Gasteiger partial charge is 0.262 e. The standard InChI is InChI=1S/C19H18N2O3S/c1-2-15-14-8-10-25-16(14)7-9-20(15)17(22)11-21-18(23)12-5-3-4-6-13(12)19(21)24/h3-6,8,10,15H,2,7,9,11H2,1H3/t15-/m0/s1. The molecule has 6 heteroatoms. The second-order valence-electron chi connectivity index (χ2n) is 6.30. The number of rotatable bonds is 3. The second kappa shape index (κ2) is 6.11. The van der Waals surface area contributed by atoms with Gasteiger partial charge in [-0.1, -0.05) is 19.1 Å². The highest BCUT2D eigenvalue weighted by Gasteiger charge is 2.38. The van der Waals surface area contributed by atoms with Crippen LogP contribution in [0.1, 0.15) is 50.5 Å². The molecular formula is C19H18N2O3S. The lowest BCUT2D eigenvalue weighted by molar-refractivity contribution is -0.134. The summed E-state index contributed by atoms with van der Waals surface area (Å²) in [6.07, 6.45) is 1.65. The summed E-state index contributed by atoms with van der Waals surface area (Å²) >= 11 is 1.73. The highest BCUT2D eigenvalue weighted by atomic mass is 32.1.